The van der Waals surface area contributed by atoms with Crippen molar-refractivity contribution in [3.05, 3.63) is 29.3 Å². The molecule has 18 heavy (non-hydrogen) atoms. The second-order valence-corrected chi connectivity index (χ2v) is 3.26. The fourth-order valence-corrected chi connectivity index (χ4v) is 1.21. The predicted octanol–water partition coefficient (Wildman–Crippen LogP) is 0.0891. The Morgan fingerprint density at radius 2 is 2.00 bits per heavy atom. The number of guanidine groups is 1. The Morgan fingerprint density at radius 1 is 1.28 bits per heavy atom. The third-order valence-corrected chi connectivity index (χ3v) is 1.97. The molecular formula is C11H14N4O3. The Hall–Kier alpha value is -2.57. The maximum atomic E-state index is 11.4. The minimum atomic E-state index is -0.467. The van der Waals surface area contributed by atoms with E-state index in [-0.39, 0.29) is 5.96 Å². The number of ether oxygens (including phenoxy) is 2. The van der Waals surface area contributed by atoms with Gasteiger partial charge >= 0.3 is 5.97 Å². The van der Waals surface area contributed by atoms with Gasteiger partial charge in [0.25, 0.3) is 0 Å². The van der Waals surface area contributed by atoms with Crippen molar-refractivity contribution in [1.29, 1.82) is 0 Å². The molecule has 0 aliphatic carbocycles. The lowest BCUT2D eigenvalue weighted by atomic mass is 10.1. The predicted molar refractivity (Wildman–Crippen MR) is 67.7 cm³/mol. The summed E-state index contributed by atoms with van der Waals surface area (Å²) in [5.74, 6) is -0.114. The molecular weight excluding hydrogens is 236 g/mol. The van der Waals surface area contributed by atoms with Gasteiger partial charge in [-0.25, -0.2) is 4.79 Å². The molecule has 0 aromatic heterocycles. The number of carbonyl (C=O) groups is 1. The zero-order valence-corrected chi connectivity index (χ0v) is 10.1. The highest BCUT2D eigenvalue weighted by molar-refractivity contribution is 5.93. The molecule has 0 unspecified atom stereocenters. The molecule has 4 N–H and O–H groups in total. The van der Waals surface area contributed by atoms with Crippen molar-refractivity contribution in [3.63, 3.8) is 0 Å². The lowest BCUT2D eigenvalue weighted by Crippen LogP contribution is -2.21. The number of hydrogen-bond donors (Lipinski definition) is 2. The number of hydrogen-bond acceptors (Lipinski definition) is 5. The number of esters is 1. The molecule has 0 amide bonds. The topological polar surface area (TPSA) is 112 Å². The van der Waals surface area contributed by atoms with Gasteiger partial charge in [0.15, 0.2) is 0 Å². The van der Waals surface area contributed by atoms with Crippen molar-refractivity contribution in [2.24, 2.45) is 21.7 Å². The van der Waals surface area contributed by atoms with E-state index in [4.69, 9.17) is 16.2 Å². The number of carbonyl (C=O) groups excluding carboxylic acids is 1. The first-order valence-corrected chi connectivity index (χ1v) is 4.96. The molecule has 0 saturated carbocycles. The average molecular weight is 250 g/mol. The van der Waals surface area contributed by atoms with Gasteiger partial charge in [0, 0.05) is 0 Å². The minimum absolute atomic E-state index is 0.151. The van der Waals surface area contributed by atoms with Gasteiger partial charge in [-0.15, -0.1) is 5.10 Å². The van der Waals surface area contributed by atoms with Crippen LogP contribution in [0.25, 0.3) is 0 Å². The molecule has 0 aliphatic rings. The van der Waals surface area contributed by atoms with Crippen LogP contribution in [0.1, 0.15) is 15.9 Å². The summed E-state index contributed by atoms with van der Waals surface area (Å²) < 4.78 is 9.69. The summed E-state index contributed by atoms with van der Waals surface area (Å²) in [5.41, 5.74) is 11.2. The van der Waals surface area contributed by atoms with Crippen molar-refractivity contribution < 1.29 is 14.3 Å². The molecule has 0 fully saturated rings. The highest BCUT2D eigenvalue weighted by Gasteiger charge is 2.08. The van der Waals surface area contributed by atoms with Crippen LogP contribution < -0.4 is 16.2 Å². The van der Waals surface area contributed by atoms with Crippen LogP contribution in [0.15, 0.2) is 28.4 Å². The Morgan fingerprint density at radius 3 is 2.56 bits per heavy atom. The highest BCUT2D eigenvalue weighted by Crippen LogP contribution is 2.16. The van der Waals surface area contributed by atoms with E-state index in [9.17, 15) is 4.79 Å². The van der Waals surface area contributed by atoms with Crippen molar-refractivity contribution in [1.82, 2.24) is 0 Å². The number of nitrogens with zero attached hydrogens (tertiary/aromatic N) is 2. The SMILES string of the molecule is COC(=O)c1cc(C=NN=C(N)N)cc(OC)c1. The van der Waals surface area contributed by atoms with E-state index in [2.05, 4.69) is 14.9 Å². The van der Waals surface area contributed by atoms with Crippen molar-refractivity contribution in [2.75, 3.05) is 14.2 Å². The zero-order valence-electron chi connectivity index (χ0n) is 10.1. The minimum Gasteiger partial charge on any atom is -0.497 e. The van der Waals surface area contributed by atoms with E-state index in [1.54, 1.807) is 18.2 Å². The van der Waals surface area contributed by atoms with Crippen LogP contribution >= 0.6 is 0 Å². The smallest absolute Gasteiger partial charge is 0.338 e. The Bertz CT molecular complexity index is 493. The van der Waals surface area contributed by atoms with Crippen LogP contribution in [0.3, 0.4) is 0 Å². The van der Waals surface area contributed by atoms with Gasteiger partial charge in [0.2, 0.25) is 5.96 Å². The van der Waals surface area contributed by atoms with Crippen LogP contribution in [-0.4, -0.2) is 32.4 Å². The van der Waals surface area contributed by atoms with E-state index in [0.29, 0.717) is 16.9 Å². The van der Waals surface area contributed by atoms with E-state index >= 15 is 0 Å². The first-order valence-electron chi connectivity index (χ1n) is 4.96. The van der Waals surface area contributed by atoms with Crippen LogP contribution in [0, 0.1) is 0 Å². The van der Waals surface area contributed by atoms with E-state index in [1.807, 2.05) is 0 Å². The van der Waals surface area contributed by atoms with Gasteiger partial charge in [0.1, 0.15) is 5.75 Å². The summed E-state index contributed by atoms with van der Waals surface area (Å²) >= 11 is 0. The Balaban J connectivity index is 3.08. The van der Waals surface area contributed by atoms with E-state index < -0.39 is 5.97 Å². The van der Waals surface area contributed by atoms with Gasteiger partial charge in [-0.2, -0.15) is 5.10 Å². The third kappa shape index (κ3) is 3.78. The van der Waals surface area contributed by atoms with Gasteiger partial charge in [-0.05, 0) is 23.8 Å². The first-order chi connectivity index (χ1) is 8.56. The molecule has 7 heteroatoms. The number of nitrogens with two attached hydrogens (primary N) is 2. The quantitative estimate of drug-likeness (QED) is 0.340. The maximum absolute atomic E-state index is 11.4. The molecule has 0 bridgehead atoms. The molecule has 96 valence electrons. The molecule has 1 rings (SSSR count). The first kappa shape index (κ1) is 13.5. The standard InChI is InChI=1S/C11H14N4O3/c1-17-9-4-7(6-14-15-11(12)13)3-8(5-9)10(16)18-2/h3-6H,1-2H3,(H4,12,13,15). The third-order valence-electron chi connectivity index (χ3n) is 1.97. The molecule has 0 atom stereocenters. The summed E-state index contributed by atoms with van der Waals surface area (Å²) in [6, 6.07) is 4.82. The second-order valence-electron chi connectivity index (χ2n) is 3.26. The van der Waals surface area contributed by atoms with Crippen LogP contribution in [0.2, 0.25) is 0 Å². The second kappa shape index (κ2) is 6.24. The number of benzene rings is 1. The van der Waals surface area contributed by atoms with Gasteiger partial charge in [-0.3, -0.25) is 0 Å². The van der Waals surface area contributed by atoms with Crippen molar-refractivity contribution >= 4 is 18.1 Å². The fourth-order valence-electron chi connectivity index (χ4n) is 1.21. The van der Waals surface area contributed by atoms with Crippen molar-refractivity contribution in [2.45, 2.75) is 0 Å². The fraction of sp³-hybridized carbons (Fsp3) is 0.182. The Labute approximate surface area is 104 Å². The normalized spacial score (nSPS) is 10.1. The molecule has 1 aromatic rings. The highest BCUT2D eigenvalue weighted by atomic mass is 16.5. The molecule has 0 saturated heterocycles. The van der Waals surface area contributed by atoms with Gasteiger partial charge in [0.05, 0.1) is 26.0 Å². The van der Waals surface area contributed by atoms with Crippen LogP contribution in [0.5, 0.6) is 5.75 Å². The number of rotatable bonds is 4. The summed E-state index contributed by atoms with van der Waals surface area (Å²) in [7, 11) is 2.79. The number of methoxy groups -OCH3 is 2. The molecule has 0 heterocycles. The average Bonchev–Trinajstić information content (AvgIpc) is 2.36. The summed E-state index contributed by atoms with van der Waals surface area (Å²) in [5, 5.41) is 7.10. The Kier molecular flexibility index (Phi) is 4.67. The molecule has 0 radical (unpaired) electrons. The van der Waals surface area contributed by atoms with Crippen molar-refractivity contribution in [3.8, 4) is 5.75 Å². The summed E-state index contributed by atoms with van der Waals surface area (Å²) in [6.45, 7) is 0. The maximum Gasteiger partial charge on any atom is 0.338 e. The van der Waals surface area contributed by atoms with E-state index in [1.165, 1.54) is 20.4 Å². The lowest BCUT2D eigenvalue weighted by molar-refractivity contribution is 0.0600. The largest absolute Gasteiger partial charge is 0.497 e. The van der Waals surface area contributed by atoms with Gasteiger partial charge in [-0.1, -0.05) is 0 Å². The monoisotopic (exact) mass is 250 g/mol. The molecule has 0 aliphatic heterocycles. The van der Waals surface area contributed by atoms with Crippen LogP contribution in [-0.2, 0) is 4.74 Å². The van der Waals surface area contributed by atoms with Gasteiger partial charge < -0.3 is 20.9 Å². The van der Waals surface area contributed by atoms with E-state index in [0.717, 1.165) is 0 Å². The molecule has 1 aromatic carbocycles. The van der Waals surface area contributed by atoms with Crippen LogP contribution in [0.4, 0.5) is 0 Å². The zero-order chi connectivity index (χ0) is 13.5. The summed E-state index contributed by atoms with van der Waals surface area (Å²) in [6.07, 6.45) is 1.40. The molecule has 7 nitrogen and oxygen atoms in total. The molecule has 0 spiro atoms. The summed E-state index contributed by atoms with van der Waals surface area (Å²) in [4.78, 5) is 11.4. The lowest BCUT2D eigenvalue weighted by Gasteiger charge is -2.04.